The number of hydrazone groups is 1. The van der Waals surface area contributed by atoms with Gasteiger partial charge >= 0.3 is 5.97 Å². The normalized spacial score (nSPS) is 10.9. The number of nitrogens with one attached hydrogen (secondary N) is 1. The van der Waals surface area contributed by atoms with E-state index in [-0.39, 0.29) is 5.97 Å². The first-order chi connectivity index (χ1) is 9.60. The second kappa shape index (κ2) is 6.33. The molecule has 2 rings (SSSR count). The van der Waals surface area contributed by atoms with Crippen molar-refractivity contribution >= 4 is 28.7 Å². The van der Waals surface area contributed by atoms with Crippen LogP contribution in [0.2, 0.25) is 0 Å². The van der Waals surface area contributed by atoms with Gasteiger partial charge in [-0.25, -0.2) is 9.78 Å². The van der Waals surface area contributed by atoms with E-state index in [0.717, 1.165) is 5.76 Å². The molecular formula is C13H15N3O3S. The molecule has 0 spiro atoms. The molecule has 0 unspecified atom stereocenters. The van der Waals surface area contributed by atoms with E-state index in [0.29, 0.717) is 28.1 Å². The van der Waals surface area contributed by atoms with Gasteiger partial charge in [0.1, 0.15) is 16.4 Å². The van der Waals surface area contributed by atoms with Crippen molar-refractivity contribution in [1.29, 1.82) is 0 Å². The second-order valence-electron chi connectivity index (χ2n) is 3.97. The molecule has 0 atom stereocenters. The zero-order valence-corrected chi connectivity index (χ0v) is 12.3. The van der Waals surface area contributed by atoms with Gasteiger partial charge in [0, 0.05) is 0 Å². The van der Waals surface area contributed by atoms with Crippen LogP contribution in [0.15, 0.2) is 21.7 Å². The molecule has 0 aliphatic carbocycles. The van der Waals surface area contributed by atoms with Crippen LogP contribution in [0.5, 0.6) is 0 Å². The molecule has 0 aliphatic heterocycles. The lowest BCUT2D eigenvalue weighted by Crippen LogP contribution is -2.03. The molecule has 7 heteroatoms. The average Bonchev–Trinajstić information content (AvgIpc) is 2.96. The number of rotatable bonds is 5. The molecule has 0 fully saturated rings. The van der Waals surface area contributed by atoms with Crippen molar-refractivity contribution in [2.24, 2.45) is 5.10 Å². The number of furan rings is 1. The number of nitrogens with zero attached hydrogens (tertiary/aromatic N) is 2. The monoisotopic (exact) mass is 293 g/mol. The molecule has 106 valence electrons. The summed E-state index contributed by atoms with van der Waals surface area (Å²) in [7, 11) is 0. The summed E-state index contributed by atoms with van der Waals surface area (Å²) < 4.78 is 10.3. The van der Waals surface area contributed by atoms with Gasteiger partial charge in [0.05, 0.1) is 18.5 Å². The van der Waals surface area contributed by atoms with Crippen LogP contribution in [0.3, 0.4) is 0 Å². The van der Waals surface area contributed by atoms with Gasteiger partial charge in [0.25, 0.3) is 0 Å². The molecule has 6 nitrogen and oxygen atoms in total. The molecule has 0 aromatic carbocycles. The summed E-state index contributed by atoms with van der Waals surface area (Å²) in [5.74, 6) is 1.11. The number of aryl methyl sites for hydroxylation is 2. The SMILES string of the molecule is CCOC(=O)c1sc(N/N=C\c2ccc(C)o2)nc1C. The lowest BCUT2D eigenvalue weighted by molar-refractivity contribution is 0.0531. The fourth-order valence-corrected chi connectivity index (χ4v) is 2.31. The van der Waals surface area contributed by atoms with Crippen LogP contribution < -0.4 is 5.43 Å². The molecule has 0 amide bonds. The van der Waals surface area contributed by atoms with E-state index in [1.165, 1.54) is 11.3 Å². The van der Waals surface area contributed by atoms with Gasteiger partial charge in [-0.15, -0.1) is 0 Å². The van der Waals surface area contributed by atoms with Gasteiger partial charge in [-0.1, -0.05) is 11.3 Å². The number of aromatic nitrogens is 1. The number of hydrogen-bond donors (Lipinski definition) is 1. The third-order valence-corrected chi connectivity index (χ3v) is 3.41. The van der Waals surface area contributed by atoms with Crippen LogP contribution in [0, 0.1) is 13.8 Å². The minimum Gasteiger partial charge on any atom is -0.462 e. The molecular weight excluding hydrogens is 278 g/mol. The summed E-state index contributed by atoms with van der Waals surface area (Å²) in [6.07, 6.45) is 1.55. The smallest absolute Gasteiger partial charge is 0.350 e. The largest absolute Gasteiger partial charge is 0.462 e. The zero-order chi connectivity index (χ0) is 14.5. The molecule has 0 radical (unpaired) electrons. The lowest BCUT2D eigenvalue weighted by Gasteiger charge is -1.97. The highest BCUT2D eigenvalue weighted by Gasteiger charge is 2.15. The summed E-state index contributed by atoms with van der Waals surface area (Å²) in [6.45, 7) is 5.73. The first kappa shape index (κ1) is 14.3. The Balaban J connectivity index is 2.02. The third kappa shape index (κ3) is 3.45. The predicted molar refractivity (Wildman–Crippen MR) is 77.5 cm³/mol. The highest BCUT2D eigenvalue weighted by atomic mass is 32.1. The predicted octanol–water partition coefficient (Wildman–Crippen LogP) is 2.98. The van der Waals surface area contributed by atoms with Crippen LogP contribution in [0.1, 0.15) is 33.8 Å². The average molecular weight is 293 g/mol. The number of ether oxygens (including phenoxy) is 1. The number of hydrogen-bond acceptors (Lipinski definition) is 7. The van der Waals surface area contributed by atoms with Crippen molar-refractivity contribution in [3.63, 3.8) is 0 Å². The molecule has 0 aliphatic rings. The highest BCUT2D eigenvalue weighted by Crippen LogP contribution is 2.23. The Morgan fingerprint density at radius 2 is 2.35 bits per heavy atom. The van der Waals surface area contributed by atoms with Crippen LogP contribution >= 0.6 is 11.3 Å². The van der Waals surface area contributed by atoms with Gasteiger partial charge in [-0.3, -0.25) is 5.43 Å². The zero-order valence-electron chi connectivity index (χ0n) is 11.5. The number of carbonyl (C=O) groups is 1. The van der Waals surface area contributed by atoms with E-state index in [4.69, 9.17) is 9.15 Å². The summed E-state index contributed by atoms with van der Waals surface area (Å²) >= 11 is 1.21. The van der Waals surface area contributed by atoms with Gasteiger partial charge < -0.3 is 9.15 Å². The molecule has 1 N–H and O–H groups in total. The Morgan fingerprint density at radius 1 is 1.55 bits per heavy atom. The van der Waals surface area contributed by atoms with Crippen molar-refractivity contribution in [2.45, 2.75) is 20.8 Å². The Labute approximate surface area is 120 Å². The highest BCUT2D eigenvalue weighted by molar-refractivity contribution is 7.17. The Hall–Kier alpha value is -2.15. The topological polar surface area (TPSA) is 76.7 Å². The van der Waals surface area contributed by atoms with Crippen molar-refractivity contribution in [2.75, 3.05) is 12.0 Å². The summed E-state index contributed by atoms with van der Waals surface area (Å²) in [4.78, 5) is 16.3. The number of esters is 1. The van der Waals surface area contributed by atoms with E-state index in [1.807, 2.05) is 19.1 Å². The second-order valence-corrected chi connectivity index (χ2v) is 4.97. The minimum atomic E-state index is -0.360. The number of thiazole rings is 1. The molecule has 20 heavy (non-hydrogen) atoms. The number of carbonyl (C=O) groups excluding carboxylic acids is 1. The molecule has 0 bridgehead atoms. The Kier molecular flexibility index (Phi) is 4.52. The van der Waals surface area contributed by atoms with Crippen LogP contribution in [-0.2, 0) is 4.74 Å². The Bertz CT molecular complexity index is 631. The van der Waals surface area contributed by atoms with E-state index in [1.54, 1.807) is 20.1 Å². The maximum atomic E-state index is 11.6. The summed E-state index contributed by atoms with van der Waals surface area (Å²) in [6, 6.07) is 3.67. The van der Waals surface area contributed by atoms with Gasteiger partial charge in [-0.2, -0.15) is 5.10 Å². The minimum absolute atomic E-state index is 0.342. The molecule has 2 aromatic heterocycles. The maximum Gasteiger partial charge on any atom is 0.350 e. The van der Waals surface area contributed by atoms with Crippen LogP contribution in [-0.4, -0.2) is 23.8 Å². The van der Waals surface area contributed by atoms with E-state index < -0.39 is 0 Å². The third-order valence-electron chi connectivity index (χ3n) is 2.37. The number of anilines is 1. The van der Waals surface area contributed by atoms with Crippen LogP contribution in [0.25, 0.3) is 0 Å². The fourth-order valence-electron chi connectivity index (χ4n) is 1.50. The van der Waals surface area contributed by atoms with Gasteiger partial charge in [0.2, 0.25) is 5.13 Å². The lowest BCUT2D eigenvalue weighted by atomic mass is 10.4. The van der Waals surface area contributed by atoms with Gasteiger partial charge in [0.15, 0.2) is 0 Å². The van der Waals surface area contributed by atoms with Gasteiger partial charge in [-0.05, 0) is 32.9 Å². The van der Waals surface area contributed by atoms with Crippen LogP contribution in [0.4, 0.5) is 5.13 Å². The van der Waals surface area contributed by atoms with Crippen molar-refractivity contribution in [3.8, 4) is 0 Å². The summed E-state index contributed by atoms with van der Waals surface area (Å²) in [5, 5.41) is 4.54. The molecule has 0 saturated heterocycles. The maximum absolute atomic E-state index is 11.6. The van der Waals surface area contributed by atoms with E-state index in [9.17, 15) is 4.79 Å². The van der Waals surface area contributed by atoms with E-state index >= 15 is 0 Å². The first-order valence-corrected chi connectivity index (χ1v) is 6.92. The molecule has 2 heterocycles. The molecule has 2 aromatic rings. The van der Waals surface area contributed by atoms with Crippen molar-refractivity contribution in [3.05, 3.63) is 34.2 Å². The van der Waals surface area contributed by atoms with Crippen molar-refractivity contribution < 1.29 is 13.9 Å². The first-order valence-electron chi connectivity index (χ1n) is 6.10. The molecule has 0 saturated carbocycles. The Morgan fingerprint density at radius 3 is 3.00 bits per heavy atom. The summed E-state index contributed by atoms with van der Waals surface area (Å²) in [5.41, 5.74) is 3.39. The van der Waals surface area contributed by atoms with Crippen molar-refractivity contribution in [1.82, 2.24) is 4.98 Å². The standard InChI is InChI=1S/C13H15N3O3S/c1-4-18-12(17)11-9(3)15-13(20-11)16-14-7-10-6-5-8(2)19-10/h5-7H,4H2,1-3H3,(H,15,16)/b14-7-. The fraction of sp³-hybridized carbons (Fsp3) is 0.308. The van der Waals surface area contributed by atoms with E-state index in [2.05, 4.69) is 15.5 Å². The quantitative estimate of drug-likeness (QED) is 0.521.